The number of esters is 1. The Hall–Kier alpha value is -2.94. The number of benzene rings is 1. The number of hydrogen-bond acceptors (Lipinski definition) is 7. The second-order valence-electron chi connectivity index (χ2n) is 6.70. The number of hydrogen-bond donors (Lipinski definition) is 1. The van der Waals surface area contributed by atoms with E-state index in [1.54, 1.807) is 23.6 Å². The molecule has 0 fully saturated rings. The molecule has 2 aromatic heterocycles. The average molecular weight is 428 g/mol. The van der Waals surface area contributed by atoms with Gasteiger partial charge < -0.3 is 10.1 Å². The number of rotatable bonds is 9. The lowest BCUT2D eigenvalue weighted by Crippen LogP contribution is -2.26. The highest BCUT2D eigenvalue weighted by molar-refractivity contribution is 8.00. The summed E-state index contributed by atoms with van der Waals surface area (Å²) in [5.74, 6) is 0.267. The number of nitrogens with zero attached hydrogens (tertiary/aromatic N) is 4. The van der Waals surface area contributed by atoms with Crippen LogP contribution in [0.5, 0.6) is 0 Å². The van der Waals surface area contributed by atoms with Crippen LogP contribution in [0, 0.1) is 6.92 Å². The third-order valence-corrected chi connectivity index (χ3v) is 5.70. The number of amides is 1. The number of carbonyl (C=O) groups is 2. The van der Waals surface area contributed by atoms with E-state index in [9.17, 15) is 9.59 Å². The van der Waals surface area contributed by atoms with Gasteiger partial charge in [0.1, 0.15) is 10.3 Å². The Morgan fingerprint density at radius 3 is 2.60 bits per heavy atom. The molecule has 1 atom stereocenters. The van der Waals surface area contributed by atoms with Gasteiger partial charge in [-0.3, -0.25) is 9.59 Å². The van der Waals surface area contributed by atoms with E-state index in [1.165, 1.54) is 11.8 Å². The van der Waals surface area contributed by atoms with Gasteiger partial charge in [-0.25, -0.2) is 0 Å². The van der Waals surface area contributed by atoms with Crippen molar-refractivity contribution < 1.29 is 14.3 Å². The predicted octanol–water partition coefficient (Wildman–Crippen LogP) is 2.84. The van der Waals surface area contributed by atoms with Gasteiger partial charge in [-0.1, -0.05) is 36.4 Å². The molecule has 0 saturated carbocycles. The van der Waals surface area contributed by atoms with E-state index < -0.39 is 0 Å². The summed E-state index contributed by atoms with van der Waals surface area (Å²) in [7, 11) is 0. The summed E-state index contributed by atoms with van der Waals surface area (Å²) in [6.45, 7) is 6.47. The van der Waals surface area contributed by atoms with Gasteiger partial charge in [-0.15, -0.1) is 10.2 Å². The van der Waals surface area contributed by atoms with Crippen LogP contribution in [0.1, 0.15) is 42.0 Å². The average Bonchev–Trinajstić information content (AvgIpc) is 3.14. The molecule has 30 heavy (non-hydrogen) atoms. The van der Waals surface area contributed by atoms with Crippen molar-refractivity contribution in [3.8, 4) is 0 Å². The molecule has 158 valence electrons. The molecule has 1 amide bonds. The fraction of sp³-hybridized carbons (Fsp3) is 0.381. The van der Waals surface area contributed by atoms with E-state index in [-0.39, 0.29) is 17.1 Å². The molecule has 0 aliphatic carbocycles. The predicted molar refractivity (Wildman–Crippen MR) is 115 cm³/mol. The standard InChI is InChI=1S/C21H25N5O3S/c1-4-16(21(28)29-5-2)30-19-11-10-17-23-24-18(26(17)25-19)12-13-22-20(27)15-8-6-14(3)7-9-15/h6-11,16H,4-5,12-13H2,1-3H3,(H,22,27). The largest absolute Gasteiger partial charge is 0.465 e. The van der Waals surface area contributed by atoms with Crippen LogP contribution in [0.4, 0.5) is 0 Å². The maximum Gasteiger partial charge on any atom is 0.319 e. The number of thioether (sulfide) groups is 1. The van der Waals surface area contributed by atoms with Crippen LogP contribution in [0.3, 0.4) is 0 Å². The van der Waals surface area contributed by atoms with Crippen LogP contribution < -0.4 is 5.32 Å². The fourth-order valence-corrected chi connectivity index (χ4v) is 3.71. The Kier molecular flexibility index (Phi) is 7.40. The molecular formula is C21H25N5O3S. The minimum absolute atomic E-state index is 0.131. The third kappa shape index (κ3) is 5.35. The van der Waals surface area contributed by atoms with Gasteiger partial charge in [0, 0.05) is 18.5 Å². The van der Waals surface area contributed by atoms with E-state index in [1.807, 2.05) is 38.1 Å². The molecule has 8 nitrogen and oxygen atoms in total. The van der Waals surface area contributed by atoms with Crippen molar-refractivity contribution in [3.05, 3.63) is 53.3 Å². The first-order chi connectivity index (χ1) is 14.5. The number of aromatic nitrogens is 4. The number of ether oxygens (including phenoxy) is 1. The number of carbonyl (C=O) groups excluding carboxylic acids is 2. The second-order valence-corrected chi connectivity index (χ2v) is 7.92. The van der Waals surface area contributed by atoms with Crippen LogP contribution in [0.25, 0.3) is 5.65 Å². The summed E-state index contributed by atoms with van der Waals surface area (Å²) in [5.41, 5.74) is 2.34. The quantitative estimate of drug-likeness (QED) is 0.414. The van der Waals surface area contributed by atoms with Gasteiger partial charge in [0.2, 0.25) is 0 Å². The van der Waals surface area contributed by atoms with E-state index in [2.05, 4.69) is 20.6 Å². The molecule has 2 heterocycles. The monoisotopic (exact) mass is 427 g/mol. The summed E-state index contributed by atoms with van der Waals surface area (Å²) in [5, 5.41) is 16.1. The van der Waals surface area contributed by atoms with Gasteiger partial charge in [0.25, 0.3) is 5.91 Å². The Balaban J connectivity index is 1.65. The van der Waals surface area contributed by atoms with Crippen molar-refractivity contribution in [3.63, 3.8) is 0 Å². The van der Waals surface area contributed by atoms with Crippen molar-refractivity contribution in [1.29, 1.82) is 0 Å². The topological polar surface area (TPSA) is 98.5 Å². The van der Waals surface area contributed by atoms with Crippen molar-refractivity contribution in [2.24, 2.45) is 0 Å². The Morgan fingerprint density at radius 1 is 1.13 bits per heavy atom. The summed E-state index contributed by atoms with van der Waals surface area (Å²) in [6, 6.07) is 11.0. The first-order valence-electron chi connectivity index (χ1n) is 9.91. The minimum atomic E-state index is -0.316. The van der Waals surface area contributed by atoms with Gasteiger partial charge >= 0.3 is 5.97 Å². The molecule has 1 unspecified atom stereocenters. The number of aryl methyl sites for hydroxylation is 1. The molecule has 3 rings (SSSR count). The van der Waals surface area contributed by atoms with Crippen LogP contribution in [-0.2, 0) is 16.0 Å². The Morgan fingerprint density at radius 2 is 1.90 bits per heavy atom. The zero-order valence-electron chi connectivity index (χ0n) is 17.3. The SMILES string of the molecule is CCOC(=O)C(CC)Sc1ccc2nnc(CCNC(=O)c3ccc(C)cc3)n2n1. The Bertz CT molecular complexity index is 1020. The van der Waals surface area contributed by atoms with Crippen molar-refractivity contribution >= 4 is 29.3 Å². The van der Waals surface area contributed by atoms with Crippen LogP contribution in [-0.4, -0.2) is 50.1 Å². The maximum absolute atomic E-state index is 12.3. The Labute approximate surface area is 179 Å². The number of nitrogens with one attached hydrogen (secondary N) is 1. The van der Waals surface area contributed by atoms with Crippen molar-refractivity contribution in [2.75, 3.05) is 13.2 Å². The molecule has 0 saturated heterocycles. The molecule has 1 N–H and O–H groups in total. The summed E-state index contributed by atoms with van der Waals surface area (Å²) >= 11 is 1.36. The van der Waals surface area contributed by atoms with E-state index in [0.717, 1.165) is 5.56 Å². The third-order valence-electron chi connectivity index (χ3n) is 4.43. The molecule has 0 aliphatic heterocycles. The molecule has 0 radical (unpaired) electrons. The normalized spacial score (nSPS) is 12.0. The summed E-state index contributed by atoms with van der Waals surface area (Å²) in [6.07, 6.45) is 1.12. The lowest BCUT2D eigenvalue weighted by atomic mass is 10.1. The molecule has 3 aromatic rings. The van der Waals surface area contributed by atoms with Gasteiger partial charge in [0.05, 0.1) is 6.61 Å². The number of fused-ring (bicyclic) bond motifs is 1. The van der Waals surface area contributed by atoms with Gasteiger partial charge in [-0.2, -0.15) is 9.61 Å². The molecular weight excluding hydrogens is 402 g/mol. The minimum Gasteiger partial charge on any atom is -0.465 e. The van der Waals surface area contributed by atoms with E-state index >= 15 is 0 Å². The highest BCUT2D eigenvalue weighted by Crippen LogP contribution is 2.25. The van der Waals surface area contributed by atoms with E-state index in [0.29, 0.717) is 48.1 Å². The first kappa shape index (κ1) is 21.8. The molecule has 1 aromatic carbocycles. The van der Waals surface area contributed by atoms with Crippen LogP contribution in [0.15, 0.2) is 41.4 Å². The summed E-state index contributed by atoms with van der Waals surface area (Å²) < 4.78 is 6.77. The van der Waals surface area contributed by atoms with Crippen LogP contribution in [0.2, 0.25) is 0 Å². The van der Waals surface area contributed by atoms with E-state index in [4.69, 9.17) is 4.74 Å². The lowest BCUT2D eigenvalue weighted by Gasteiger charge is -2.12. The molecule has 0 bridgehead atoms. The smallest absolute Gasteiger partial charge is 0.319 e. The zero-order chi connectivity index (χ0) is 21.5. The van der Waals surface area contributed by atoms with Gasteiger partial charge in [0.15, 0.2) is 11.5 Å². The maximum atomic E-state index is 12.3. The molecule has 0 spiro atoms. The van der Waals surface area contributed by atoms with Crippen molar-refractivity contribution in [1.82, 2.24) is 25.1 Å². The van der Waals surface area contributed by atoms with Gasteiger partial charge in [-0.05, 0) is 44.5 Å². The fourth-order valence-electron chi connectivity index (χ4n) is 2.81. The lowest BCUT2D eigenvalue weighted by molar-refractivity contribution is -0.142. The second kappa shape index (κ2) is 10.2. The first-order valence-corrected chi connectivity index (χ1v) is 10.8. The summed E-state index contributed by atoms with van der Waals surface area (Å²) in [4.78, 5) is 24.3. The highest BCUT2D eigenvalue weighted by atomic mass is 32.2. The molecule has 0 aliphatic rings. The molecule has 9 heteroatoms. The van der Waals surface area contributed by atoms with Crippen molar-refractivity contribution in [2.45, 2.75) is 43.9 Å². The van der Waals surface area contributed by atoms with Crippen LogP contribution >= 0.6 is 11.8 Å². The zero-order valence-corrected chi connectivity index (χ0v) is 18.1. The highest BCUT2D eigenvalue weighted by Gasteiger charge is 2.20.